The third-order valence-electron chi connectivity index (χ3n) is 14.4. The molecule has 3 heterocycles. The van der Waals surface area contributed by atoms with Crippen LogP contribution in [0.1, 0.15) is 116 Å². The molecule has 0 spiro atoms. The lowest BCUT2D eigenvalue weighted by atomic mass is 9.76. The van der Waals surface area contributed by atoms with Crippen molar-refractivity contribution in [2.24, 2.45) is 0 Å². The first-order valence-corrected chi connectivity index (χ1v) is 24.6. The van der Waals surface area contributed by atoms with E-state index in [1.54, 1.807) is 18.2 Å². The summed E-state index contributed by atoms with van der Waals surface area (Å²) in [6, 6.07) is 41.0. The SMILES string of the molecule is [2H]c1c([2H])c([2H])c(-c2cccc(-c3c([2H])c([2H])c([2H])c([2H])c3[2H])c2N2CN(c3cc(-c4c(C(C)C)cccc4C(C)C)cc(C(C)(C)c4ccc5c6ccccc6n(-c6cc(C(C)(C)C)ccn6)c5c4)c3)c3ccccc32)c([2H])c1[2H]. The van der Waals surface area contributed by atoms with Crippen LogP contribution in [-0.2, 0) is 10.8 Å². The topological polar surface area (TPSA) is 24.3 Å². The first-order valence-electron chi connectivity index (χ1n) is 29.6. The fourth-order valence-electron chi connectivity index (χ4n) is 10.6. The van der Waals surface area contributed by atoms with Crippen LogP contribution in [0.25, 0.3) is 61.0 Å². The molecule has 1 aliphatic rings. The average Bonchev–Trinajstić information content (AvgIpc) is 4.14. The molecule has 0 aliphatic carbocycles. The zero-order chi connectivity index (χ0) is 57.9. The van der Waals surface area contributed by atoms with Gasteiger partial charge < -0.3 is 9.80 Å². The number of benzene rings is 8. The van der Waals surface area contributed by atoms with Gasteiger partial charge in [-0.2, -0.15) is 0 Å². The Morgan fingerprint density at radius 1 is 0.507 bits per heavy atom. The number of pyridine rings is 1. The van der Waals surface area contributed by atoms with Crippen molar-refractivity contribution < 1.29 is 13.7 Å². The van der Waals surface area contributed by atoms with Crippen LogP contribution >= 0.6 is 0 Å². The molecular weight excluding hydrogens is 861 g/mol. The molecule has 71 heavy (non-hydrogen) atoms. The summed E-state index contributed by atoms with van der Waals surface area (Å²) in [6.45, 7) is 20.2. The van der Waals surface area contributed by atoms with Crippen LogP contribution in [0.4, 0.5) is 22.7 Å². The normalized spacial score (nSPS) is 15.0. The summed E-state index contributed by atoms with van der Waals surface area (Å²) in [5.41, 5.74) is 12.4. The van der Waals surface area contributed by atoms with Crippen LogP contribution in [0.2, 0.25) is 0 Å². The second-order valence-electron chi connectivity index (χ2n) is 20.9. The molecule has 0 atom stereocenters. The molecule has 0 amide bonds. The van der Waals surface area contributed by atoms with Crippen molar-refractivity contribution in [3.63, 3.8) is 0 Å². The van der Waals surface area contributed by atoms with Crippen molar-refractivity contribution in [3.8, 4) is 39.2 Å². The summed E-state index contributed by atoms with van der Waals surface area (Å²) in [4.78, 5) is 9.19. The summed E-state index contributed by atoms with van der Waals surface area (Å²) in [6.07, 6.45) is 1.90. The van der Waals surface area contributed by atoms with Gasteiger partial charge in [0, 0.05) is 39.2 Å². The summed E-state index contributed by atoms with van der Waals surface area (Å²) in [7, 11) is 0. The third-order valence-corrected chi connectivity index (χ3v) is 14.4. The Kier molecular flexibility index (Phi) is 8.94. The quantitative estimate of drug-likeness (QED) is 0.137. The number of para-hydroxylation sites is 4. The number of rotatable bonds is 10. The number of hydrogen-bond donors (Lipinski definition) is 0. The van der Waals surface area contributed by atoms with E-state index in [1.807, 2.05) is 35.4 Å². The van der Waals surface area contributed by atoms with Crippen molar-refractivity contribution in [2.45, 2.75) is 85.0 Å². The lowest BCUT2D eigenvalue weighted by molar-refractivity contribution is 0.588. The maximum absolute atomic E-state index is 9.26. The molecule has 0 N–H and O–H groups in total. The van der Waals surface area contributed by atoms with Crippen molar-refractivity contribution in [3.05, 3.63) is 228 Å². The van der Waals surface area contributed by atoms with Crippen molar-refractivity contribution in [1.29, 1.82) is 0 Å². The van der Waals surface area contributed by atoms with E-state index in [0.717, 1.165) is 55.7 Å². The van der Waals surface area contributed by atoms with Crippen molar-refractivity contribution >= 4 is 44.6 Å². The Balaban J connectivity index is 1.17. The van der Waals surface area contributed by atoms with Crippen molar-refractivity contribution in [2.75, 3.05) is 16.5 Å². The van der Waals surface area contributed by atoms with Crippen LogP contribution in [0.15, 0.2) is 200 Å². The fraction of sp³-hybridized carbons (Fsp3) is 0.209. The van der Waals surface area contributed by atoms with Gasteiger partial charge in [0.25, 0.3) is 0 Å². The third kappa shape index (κ3) is 8.10. The smallest absolute Gasteiger partial charge is 0.137 e. The largest absolute Gasteiger partial charge is 0.321 e. The minimum absolute atomic E-state index is 0.0765. The summed E-state index contributed by atoms with van der Waals surface area (Å²) in [5.74, 6) is 1.23. The molecule has 1 aliphatic heterocycles. The monoisotopic (exact) mass is 935 g/mol. The number of fused-ring (bicyclic) bond motifs is 4. The molecule has 8 aromatic carbocycles. The highest BCUT2D eigenvalue weighted by atomic mass is 15.4. The van der Waals surface area contributed by atoms with Gasteiger partial charge in [0.15, 0.2) is 0 Å². The number of nitrogens with zero attached hydrogens (tertiary/aromatic N) is 4. The summed E-state index contributed by atoms with van der Waals surface area (Å²) < 4.78 is 91.5. The minimum Gasteiger partial charge on any atom is -0.321 e. The molecule has 0 bridgehead atoms. The predicted octanol–water partition coefficient (Wildman–Crippen LogP) is 18.3. The van der Waals surface area contributed by atoms with Crippen LogP contribution < -0.4 is 9.80 Å². The highest BCUT2D eigenvalue weighted by Crippen LogP contribution is 2.52. The lowest BCUT2D eigenvalue weighted by Gasteiger charge is -2.31. The minimum atomic E-state index is -0.619. The number of anilines is 4. The Morgan fingerprint density at radius 3 is 1.73 bits per heavy atom. The molecular formula is C67H64N4. The highest BCUT2D eigenvalue weighted by Gasteiger charge is 2.34. The Hall–Kier alpha value is -7.69. The van der Waals surface area contributed by atoms with Gasteiger partial charge in [-0.15, -0.1) is 0 Å². The number of aromatic nitrogens is 2. The average molecular weight is 935 g/mol. The van der Waals surface area contributed by atoms with Crippen LogP contribution in [0.3, 0.4) is 0 Å². The maximum Gasteiger partial charge on any atom is 0.137 e. The molecule has 11 rings (SSSR count). The second-order valence-corrected chi connectivity index (χ2v) is 20.9. The standard InChI is InChI=1S/C67H64N4/c1-44(2)53-27-20-28-54(45(3)4)64(53)48-38-51(67(8,9)50-34-35-58-57-26-16-17-31-59(57)71(62(58)41-50)63-42-49(36-37-68-63)66(5,6)7)40-52(39-48)69-43-70(61-33-19-18-32-60(61)69)65-55(46-22-12-10-13-23-46)29-21-30-56(65)47-24-14-11-15-25-47/h10-42,44-45H,43H2,1-9H3/i10D,11D,12D,13D,14D,15D,22D,23D,24D,25D. The molecule has 4 nitrogen and oxygen atoms in total. The van der Waals surface area contributed by atoms with E-state index >= 15 is 0 Å². The van der Waals surface area contributed by atoms with E-state index in [9.17, 15) is 5.48 Å². The molecule has 4 heteroatoms. The molecule has 2 aromatic heterocycles. The Morgan fingerprint density at radius 2 is 1.10 bits per heavy atom. The van der Waals surface area contributed by atoms with Gasteiger partial charge in [-0.1, -0.05) is 208 Å². The van der Waals surface area contributed by atoms with Gasteiger partial charge in [-0.05, 0) is 116 Å². The van der Waals surface area contributed by atoms with Gasteiger partial charge in [0.2, 0.25) is 0 Å². The second kappa shape index (κ2) is 17.9. The molecule has 352 valence electrons. The maximum atomic E-state index is 9.26. The summed E-state index contributed by atoms with van der Waals surface area (Å²) in [5, 5.41) is 2.26. The highest BCUT2D eigenvalue weighted by molar-refractivity contribution is 6.09. The molecule has 0 fully saturated rings. The van der Waals surface area contributed by atoms with Gasteiger partial charge in [0.05, 0.1) is 41.8 Å². The van der Waals surface area contributed by atoms with E-state index in [2.05, 4.69) is 163 Å². The Labute approximate surface area is 435 Å². The summed E-state index contributed by atoms with van der Waals surface area (Å²) >= 11 is 0. The number of hydrogen-bond acceptors (Lipinski definition) is 3. The van der Waals surface area contributed by atoms with Crippen LogP contribution in [0.5, 0.6) is 0 Å². The predicted molar refractivity (Wildman–Crippen MR) is 302 cm³/mol. The van der Waals surface area contributed by atoms with Crippen LogP contribution in [0, 0.1) is 0 Å². The van der Waals surface area contributed by atoms with Gasteiger partial charge in [-0.25, -0.2) is 4.98 Å². The van der Waals surface area contributed by atoms with E-state index in [-0.39, 0.29) is 46.2 Å². The first-order chi connectivity index (χ1) is 38.4. The molecule has 10 aromatic rings. The molecule has 0 radical (unpaired) electrons. The molecule has 0 saturated carbocycles. The van der Waals surface area contributed by atoms with Gasteiger partial charge in [-0.3, -0.25) is 4.57 Å². The van der Waals surface area contributed by atoms with E-state index < -0.39 is 65.8 Å². The zero-order valence-corrected chi connectivity index (χ0v) is 41.9. The molecule has 0 saturated heterocycles. The van der Waals surface area contributed by atoms with E-state index in [1.165, 1.54) is 22.3 Å². The molecule has 0 unspecified atom stereocenters. The Bertz CT molecular complexity index is 4040. The van der Waals surface area contributed by atoms with Gasteiger partial charge >= 0.3 is 0 Å². The van der Waals surface area contributed by atoms with E-state index in [4.69, 9.17) is 13.2 Å². The van der Waals surface area contributed by atoms with E-state index in [0.29, 0.717) is 11.4 Å². The van der Waals surface area contributed by atoms with Gasteiger partial charge in [0.1, 0.15) is 12.5 Å². The zero-order valence-electron chi connectivity index (χ0n) is 51.9. The fourth-order valence-corrected chi connectivity index (χ4v) is 10.6. The van der Waals surface area contributed by atoms with Crippen molar-refractivity contribution in [1.82, 2.24) is 9.55 Å². The lowest BCUT2D eigenvalue weighted by Crippen LogP contribution is -2.26. The van der Waals surface area contributed by atoms with Crippen LogP contribution in [-0.4, -0.2) is 16.2 Å². The first kappa shape index (κ1) is 35.4.